The van der Waals surface area contributed by atoms with E-state index in [9.17, 15) is 28.2 Å². The zero-order chi connectivity index (χ0) is 22.8. The minimum absolute atomic E-state index is 0. The predicted octanol–water partition coefficient (Wildman–Crippen LogP) is -4.67. The average molecular weight is 493 g/mol. The zero-order valence-corrected chi connectivity index (χ0v) is 21.6. The SMILES string of the molecule is C[C@@H](O)[C@H]1C(=O)N2C(C(=O)[O-])=C(c3cn4cnc(S(=O)(=O)N(C)CCO)c4s3)[C@H](C)[C@H]12.[Na+]. The smallest absolute Gasteiger partial charge is 0.543 e. The number of β-lactam (4-membered cyclic amide) rings is 1. The van der Waals surface area contributed by atoms with E-state index in [1.165, 1.54) is 24.7 Å². The van der Waals surface area contributed by atoms with Gasteiger partial charge in [-0.1, -0.05) is 6.92 Å². The number of sulfonamides is 1. The molecule has 2 N–H and O–H groups in total. The maximum Gasteiger partial charge on any atom is 1.00 e. The molecule has 1 saturated heterocycles. The van der Waals surface area contributed by atoms with Crippen LogP contribution in [0.25, 0.3) is 10.4 Å². The van der Waals surface area contributed by atoms with Gasteiger partial charge in [-0.05, 0) is 6.92 Å². The predicted molar refractivity (Wildman–Crippen MR) is 107 cm³/mol. The van der Waals surface area contributed by atoms with Gasteiger partial charge in [0.2, 0.25) is 10.9 Å². The molecule has 32 heavy (non-hydrogen) atoms. The second-order valence-electron chi connectivity index (χ2n) is 7.71. The summed E-state index contributed by atoms with van der Waals surface area (Å²) in [4.78, 5) is 30.3. The number of carboxylic acid groups (broad SMARTS) is 1. The Morgan fingerprint density at radius 3 is 2.66 bits per heavy atom. The van der Waals surface area contributed by atoms with Crippen LogP contribution in [0.1, 0.15) is 18.7 Å². The number of amides is 1. The fourth-order valence-electron chi connectivity index (χ4n) is 4.37. The zero-order valence-electron chi connectivity index (χ0n) is 17.9. The van der Waals surface area contributed by atoms with Crippen molar-refractivity contribution < 1.29 is 62.9 Å². The number of imidazole rings is 1. The van der Waals surface area contributed by atoms with Crippen LogP contribution in [-0.2, 0) is 19.6 Å². The topological polar surface area (TPSA) is 156 Å². The number of rotatable bonds is 7. The standard InChI is InChI=1S/C18H22N4O7S2.Na/c1-8-11(14(18(26)27)22-13(8)12(9(2)24)16(22)25)10-6-21-7-19-15(17(21)30-10)31(28,29)20(3)4-5-23;/h6-9,12-13,23-24H,4-5H2,1-3H3,(H,26,27);/q;+1/p-1/t8-,9+,12+,13+;/m0./s1. The van der Waals surface area contributed by atoms with Crippen molar-refractivity contribution in [1.29, 1.82) is 0 Å². The summed E-state index contributed by atoms with van der Waals surface area (Å²) in [5.41, 5.74) is 0.112. The molecule has 2 aromatic rings. The van der Waals surface area contributed by atoms with Gasteiger partial charge in [0, 0.05) is 31.3 Å². The number of fused-ring (bicyclic) bond motifs is 2. The fourth-order valence-corrected chi connectivity index (χ4v) is 7.05. The summed E-state index contributed by atoms with van der Waals surface area (Å²) >= 11 is 1.04. The minimum atomic E-state index is -3.97. The van der Waals surface area contributed by atoms with Crippen LogP contribution in [0.2, 0.25) is 0 Å². The van der Waals surface area contributed by atoms with Gasteiger partial charge in [0.15, 0.2) is 0 Å². The molecule has 168 valence electrons. The van der Waals surface area contributed by atoms with Gasteiger partial charge >= 0.3 is 29.6 Å². The Morgan fingerprint density at radius 1 is 1.44 bits per heavy atom. The van der Waals surface area contributed by atoms with Crippen molar-refractivity contribution >= 4 is 43.6 Å². The molecule has 0 saturated carbocycles. The molecule has 2 aromatic heterocycles. The van der Waals surface area contributed by atoms with Gasteiger partial charge in [0.05, 0.1) is 41.2 Å². The van der Waals surface area contributed by atoms with Crippen LogP contribution < -0.4 is 34.7 Å². The summed E-state index contributed by atoms with van der Waals surface area (Å²) in [5, 5.41) is 30.7. The van der Waals surface area contributed by atoms with Gasteiger partial charge in [-0.25, -0.2) is 13.4 Å². The Labute approximate surface area is 210 Å². The molecule has 0 radical (unpaired) electrons. The molecule has 2 aliphatic heterocycles. The number of hydrogen-bond acceptors (Lipinski definition) is 9. The number of carbonyl (C=O) groups excluding carboxylic acids is 2. The summed E-state index contributed by atoms with van der Waals surface area (Å²) in [6, 6.07) is -0.506. The Balaban J connectivity index is 0.00000289. The molecule has 4 heterocycles. The van der Waals surface area contributed by atoms with Crippen molar-refractivity contribution in [2.45, 2.75) is 31.0 Å². The molecule has 4 atom stereocenters. The first kappa shape index (κ1) is 25.3. The number of likely N-dealkylation sites (N-methyl/N-ethyl adjacent to an activating group) is 1. The second kappa shape index (κ2) is 8.80. The summed E-state index contributed by atoms with van der Waals surface area (Å²) in [7, 11) is -2.64. The quantitative estimate of drug-likeness (QED) is 0.289. The first-order chi connectivity index (χ1) is 14.5. The van der Waals surface area contributed by atoms with Gasteiger partial charge in [0.25, 0.3) is 10.0 Å². The van der Waals surface area contributed by atoms with E-state index in [-0.39, 0.29) is 58.3 Å². The summed E-state index contributed by atoms with van der Waals surface area (Å²) in [6.07, 6.45) is 1.95. The number of aromatic nitrogens is 2. The molecule has 0 aromatic carbocycles. The third kappa shape index (κ3) is 3.55. The van der Waals surface area contributed by atoms with Gasteiger partial charge in [-0.15, -0.1) is 11.3 Å². The van der Waals surface area contributed by atoms with Crippen LogP contribution in [0.4, 0.5) is 0 Å². The van der Waals surface area contributed by atoms with E-state index in [1.54, 1.807) is 13.1 Å². The van der Waals surface area contributed by atoms with Gasteiger partial charge in [-0.3, -0.25) is 9.20 Å². The van der Waals surface area contributed by atoms with Gasteiger partial charge in [-0.2, -0.15) is 4.31 Å². The van der Waals surface area contributed by atoms with E-state index < -0.39 is 45.9 Å². The average Bonchev–Trinajstić information content (AvgIpc) is 3.31. The van der Waals surface area contributed by atoms with Crippen LogP contribution in [0.3, 0.4) is 0 Å². The molecule has 0 spiro atoms. The molecular weight excluding hydrogens is 471 g/mol. The van der Waals surface area contributed by atoms with E-state index in [0.29, 0.717) is 10.5 Å². The number of thiazole rings is 1. The normalized spacial score (nSPS) is 24.0. The molecule has 2 aliphatic rings. The van der Waals surface area contributed by atoms with Crippen LogP contribution >= 0.6 is 11.3 Å². The van der Waals surface area contributed by atoms with Crippen molar-refractivity contribution in [2.24, 2.45) is 11.8 Å². The number of carbonyl (C=O) groups is 2. The number of aliphatic hydroxyl groups excluding tert-OH is 2. The Bertz CT molecular complexity index is 1220. The molecule has 11 nitrogen and oxygen atoms in total. The van der Waals surface area contributed by atoms with Gasteiger partial charge < -0.3 is 25.0 Å². The van der Waals surface area contributed by atoms with E-state index in [4.69, 9.17) is 5.11 Å². The molecule has 0 unspecified atom stereocenters. The van der Waals surface area contributed by atoms with Gasteiger partial charge in [0.1, 0.15) is 11.2 Å². The third-order valence-corrected chi connectivity index (χ3v) is 8.94. The number of aliphatic carboxylic acids is 1. The van der Waals surface area contributed by atoms with E-state index in [1.807, 2.05) is 0 Å². The third-order valence-electron chi connectivity index (χ3n) is 5.88. The number of carboxylic acids is 1. The number of nitrogens with zero attached hydrogens (tertiary/aromatic N) is 4. The van der Waals surface area contributed by atoms with Crippen molar-refractivity contribution in [2.75, 3.05) is 20.2 Å². The molecule has 0 bridgehead atoms. The second-order valence-corrected chi connectivity index (χ2v) is 10.7. The molecule has 0 aliphatic carbocycles. The van der Waals surface area contributed by atoms with E-state index >= 15 is 0 Å². The van der Waals surface area contributed by atoms with Crippen LogP contribution in [0, 0.1) is 11.8 Å². The number of aliphatic hydroxyl groups is 2. The maximum atomic E-state index is 12.8. The van der Waals surface area contributed by atoms with Crippen molar-refractivity contribution in [3.8, 4) is 0 Å². The molecule has 4 rings (SSSR count). The Hall–Kier alpha value is -1.32. The Kier molecular flexibility index (Phi) is 6.96. The molecule has 1 fully saturated rings. The van der Waals surface area contributed by atoms with Crippen LogP contribution in [-0.4, -0.2) is 81.4 Å². The first-order valence-corrected chi connectivity index (χ1v) is 11.8. The molecule has 1 amide bonds. The minimum Gasteiger partial charge on any atom is -0.543 e. The molecule has 14 heteroatoms. The van der Waals surface area contributed by atoms with Crippen molar-refractivity contribution in [3.63, 3.8) is 0 Å². The summed E-state index contributed by atoms with van der Waals surface area (Å²) in [5.74, 6) is -3.09. The monoisotopic (exact) mass is 492 g/mol. The van der Waals surface area contributed by atoms with E-state index in [2.05, 4.69) is 4.98 Å². The van der Waals surface area contributed by atoms with Crippen LogP contribution in [0.15, 0.2) is 23.2 Å². The fraction of sp³-hybridized carbons (Fsp3) is 0.500. The molecular formula is C18H21N4NaO7S2. The van der Waals surface area contributed by atoms with Crippen molar-refractivity contribution in [1.82, 2.24) is 18.6 Å². The van der Waals surface area contributed by atoms with Crippen molar-refractivity contribution in [3.05, 3.63) is 23.1 Å². The maximum absolute atomic E-state index is 12.8. The van der Waals surface area contributed by atoms with E-state index in [0.717, 1.165) is 20.5 Å². The number of hydrogen-bond donors (Lipinski definition) is 2. The largest absolute Gasteiger partial charge is 1.00 e. The van der Waals surface area contributed by atoms with Crippen LogP contribution in [0.5, 0.6) is 0 Å². The summed E-state index contributed by atoms with van der Waals surface area (Å²) in [6.45, 7) is 2.81. The first-order valence-electron chi connectivity index (χ1n) is 9.53. The summed E-state index contributed by atoms with van der Waals surface area (Å²) < 4.78 is 28.0. The Morgan fingerprint density at radius 2 is 2.09 bits per heavy atom.